The molecule has 1 fully saturated rings. The summed E-state index contributed by atoms with van der Waals surface area (Å²) >= 11 is 0. The zero-order valence-corrected chi connectivity index (χ0v) is 5.89. The van der Waals surface area contributed by atoms with Crippen LogP contribution in [-0.2, 0) is 9.47 Å². The lowest BCUT2D eigenvalue weighted by Crippen LogP contribution is -2.31. The van der Waals surface area contributed by atoms with E-state index >= 15 is 0 Å². The first-order valence-electron chi connectivity index (χ1n) is 3.18. The quantitative estimate of drug-likeness (QED) is 0.585. The lowest BCUT2D eigenvalue weighted by atomic mass is 10.3. The Balaban J connectivity index is 2.20. The highest BCUT2D eigenvalue weighted by Gasteiger charge is 2.21. The van der Waals surface area contributed by atoms with Crippen LogP contribution in [0, 0.1) is 0 Å². The van der Waals surface area contributed by atoms with Crippen molar-refractivity contribution in [2.75, 3.05) is 14.2 Å². The van der Waals surface area contributed by atoms with Crippen molar-refractivity contribution in [1.82, 2.24) is 5.32 Å². The number of rotatable bonds is 2. The smallest absolute Gasteiger partial charge is 0.109 e. The van der Waals surface area contributed by atoms with E-state index in [0.29, 0.717) is 0 Å². The Morgan fingerprint density at radius 2 is 1.56 bits per heavy atom. The van der Waals surface area contributed by atoms with Crippen LogP contribution in [0.5, 0.6) is 0 Å². The van der Waals surface area contributed by atoms with E-state index in [9.17, 15) is 0 Å². The summed E-state index contributed by atoms with van der Waals surface area (Å²) in [4.78, 5) is 0. The van der Waals surface area contributed by atoms with Crippen molar-refractivity contribution in [2.45, 2.75) is 25.3 Å². The SMILES string of the molecule is COC1CCC(OC)N1. The van der Waals surface area contributed by atoms with Crippen molar-refractivity contribution in [1.29, 1.82) is 0 Å². The van der Waals surface area contributed by atoms with Gasteiger partial charge in [0.05, 0.1) is 0 Å². The van der Waals surface area contributed by atoms with Crippen LogP contribution in [0.4, 0.5) is 0 Å². The first kappa shape index (κ1) is 6.99. The van der Waals surface area contributed by atoms with Crippen LogP contribution >= 0.6 is 0 Å². The predicted octanol–water partition coefficient (Wildman–Crippen LogP) is 0.315. The highest BCUT2D eigenvalue weighted by Crippen LogP contribution is 2.12. The van der Waals surface area contributed by atoms with Gasteiger partial charge < -0.3 is 9.47 Å². The molecule has 0 spiro atoms. The Morgan fingerprint density at radius 3 is 1.78 bits per heavy atom. The van der Waals surface area contributed by atoms with E-state index in [1.165, 1.54) is 0 Å². The van der Waals surface area contributed by atoms with Gasteiger partial charge in [-0.1, -0.05) is 0 Å². The Bertz CT molecular complexity index is 77.1. The highest BCUT2D eigenvalue weighted by molar-refractivity contribution is 4.69. The zero-order chi connectivity index (χ0) is 6.69. The van der Waals surface area contributed by atoms with E-state index in [4.69, 9.17) is 9.47 Å². The molecule has 0 aromatic rings. The molecule has 0 saturated carbocycles. The van der Waals surface area contributed by atoms with Crippen LogP contribution in [0.2, 0.25) is 0 Å². The predicted molar refractivity (Wildman–Crippen MR) is 34.0 cm³/mol. The van der Waals surface area contributed by atoms with Gasteiger partial charge in [-0.2, -0.15) is 0 Å². The number of methoxy groups -OCH3 is 2. The number of hydrogen-bond donors (Lipinski definition) is 1. The summed E-state index contributed by atoms with van der Waals surface area (Å²) in [5.74, 6) is 0. The molecule has 1 aliphatic rings. The second-order valence-corrected chi connectivity index (χ2v) is 2.19. The largest absolute Gasteiger partial charge is 0.367 e. The molecular weight excluding hydrogens is 118 g/mol. The average Bonchev–Trinajstić information content (AvgIpc) is 2.34. The Morgan fingerprint density at radius 1 is 1.11 bits per heavy atom. The van der Waals surface area contributed by atoms with Crippen molar-refractivity contribution < 1.29 is 9.47 Å². The molecule has 1 rings (SSSR count). The van der Waals surface area contributed by atoms with Crippen molar-refractivity contribution in [3.63, 3.8) is 0 Å². The van der Waals surface area contributed by atoms with E-state index in [1.54, 1.807) is 14.2 Å². The van der Waals surface area contributed by atoms with Crippen LogP contribution < -0.4 is 5.32 Å². The molecule has 0 aromatic heterocycles. The van der Waals surface area contributed by atoms with Gasteiger partial charge in [0.1, 0.15) is 12.5 Å². The summed E-state index contributed by atoms with van der Waals surface area (Å²) in [5.41, 5.74) is 0. The fourth-order valence-corrected chi connectivity index (χ4v) is 1.05. The third kappa shape index (κ3) is 1.64. The second-order valence-electron chi connectivity index (χ2n) is 2.19. The molecule has 0 radical (unpaired) electrons. The van der Waals surface area contributed by atoms with Crippen LogP contribution in [0.15, 0.2) is 0 Å². The Hall–Kier alpha value is -0.120. The van der Waals surface area contributed by atoms with Crippen molar-refractivity contribution in [3.05, 3.63) is 0 Å². The molecule has 0 bridgehead atoms. The molecule has 2 unspecified atom stereocenters. The molecule has 0 amide bonds. The maximum absolute atomic E-state index is 5.05. The van der Waals surface area contributed by atoms with Gasteiger partial charge in [0.25, 0.3) is 0 Å². The van der Waals surface area contributed by atoms with Gasteiger partial charge >= 0.3 is 0 Å². The van der Waals surface area contributed by atoms with Crippen molar-refractivity contribution >= 4 is 0 Å². The summed E-state index contributed by atoms with van der Waals surface area (Å²) < 4.78 is 10.1. The molecule has 1 heterocycles. The van der Waals surface area contributed by atoms with Gasteiger partial charge in [-0.15, -0.1) is 0 Å². The summed E-state index contributed by atoms with van der Waals surface area (Å²) in [5, 5.41) is 3.15. The van der Waals surface area contributed by atoms with Gasteiger partial charge in [0, 0.05) is 14.2 Å². The minimum Gasteiger partial charge on any atom is -0.367 e. The van der Waals surface area contributed by atoms with E-state index in [-0.39, 0.29) is 12.5 Å². The molecule has 1 aliphatic heterocycles. The van der Waals surface area contributed by atoms with E-state index < -0.39 is 0 Å². The third-order valence-corrected chi connectivity index (χ3v) is 1.63. The molecule has 0 aromatic carbocycles. The maximum Gasteiger partial charge on any atom is 0.109 e. The van der Waals surface area contributed by atoms with Crippen LogP contribution in [0.25, 0.3) is 0 Å². The third-order valence-electron chi connectivity index (χ3n) is 1.63. The minimum atomic E-state index is 0.204. The van der Waals surface area contributed by atoms with Gasteiger partial charge in [-0.3, -0.25) is 5.32 Å². The van der Waals surface area contributed by atoms with Crippen LogP contribution in [0.1, 0.15) is 12.8 Å². The summed E-state index contributed by atoms with van der Waals surface area (Å²) in [6.45, 7) is 0. The van der Waals surface area contributed by atoms with Gasteiger partial charge in [0.2, 0.25) is 0 Å². The van der Waals surface area contributed by atoms with Crippen molar-refractivity contribution in [3.8, 4) is 0 Å². The molecule has 1 N–H and O–H groups in total. The molecule has 2 atom stereocenters. The van der Waals surface area contributed by atoms with Gasteiger partial charge in [-0.05, 0) is 12.8 Å². The average molecular weight is 131 g/mol. The molecule has 1 saturated heterocycles. The first-order chi connectivity index (χ1) is 4.36. The highest BCUT2D eigenvalue weighted by atomic mass is 16.5. The fourth-order valence-electron chi connectivity index (χ4n) is 1.05. The second kappa shape index (κ2) is 3.15. The number of nitrogens with one attached hydrogen (secondary N) is 1. The van der Waals surface area contributed by atoms with Crippen LogP contribution in [0.3, 0.4) is 0 Å². The normalized spacial score (nSPS) is 35.3. The Kier molecular flexibility index (Phi) is 2.45. The molecule has 54 valence electrons. The van der Waals surface area contributed by atoms with E-state index in [1.807, 2.05) is 0 Å². The van der Waals surface area contributed by atoms with E-state index in [2.05, 4.69) is 5.32 Å². The molecule has 9 heavy (non-hydrogen) atoms. The summed E-state index contributed by atoms with van der Waals surface area (Å²) in [7, 11) is 3.41. The Labute approximate surface area is 55.3 Å². The van der Waals surface area contributed by atoms with Crippen molar-refractivity contribution in [2.24, 2.45) is 0 Å². The number of ether oxygens (including phenoxy) is 2. The molecular formula is C6H13NO2. The molecule has 3 nitrogen and oxygen atoms in total. The lowest BCUT2D eigenvalue weighted by molar-refractivity contribution is 0.0375. The van der Waals surface area contributed by atoms with Gasteiger partial charge in [-0.25, -0.2) is 0 Å². The fraction of sp³-hybridized carbons (Fsp3) is 1.00. The maximum atomic E-state index is 5.05. The van der Waals surface area contributed by atoms with Gasteiger partial charge in [0.15, 0.2) is 0 Å². The minimum absolute atomic E-state index is 0.204. The van der Waals surface area contributed by atoms with E-state index in [0.717, 1.165) is 12.8 Å². The zero-order valence-electron chi connectivity index (χ0n) is 5.89. The lowest BCUT2D eigenvalue weighted by Gasteiger charge is -2.10. The summed E-state index contributed by atoms with van der Waals surface area (Å²) in [6.07, 6.45) is 2.51. The topological polar surface area (TPSA) is 30.5 Å². The summed E-state index contributed by atoms with van der Waals surface area (Å²) in [6, 6.07) is 0. The molecule has 3 heteroatoms. The number of hydrogen-bond acceptors (Lipinski definition) is 3. The first-order valence-corrected chi connectivity index (χ1v) is 3.18. The monoisotopic (exact) mass is 131 g/mol. The molecule has 0 aliphatic carbocycles. The van der Waals surface area contributed by atoms with Crippen LogP contribution in [-0.4, -0.2) is 26.7 Å². The standard InChI is InChI=1S/C6H13NO2/c1-8-5-3-4-6(7-5)9-2/h5-7H,3-4H2,1-2H3.